The summed E-state index contributed by atoms with van der Waals surface area (Å²) in [5.41, 5.74) is 3.68. The first-order valence-electron chi connectivity index (χ1n) is 10.2. The summed E-state index contributed by atoms with van der Waals surface area (Å²) in [4.78, 5) is 6.74. The lowest BCUT2D eigenvalue weighted by Gasteiger charge is -2.29. The van der Waals surface area contributed by atoms with Gasteiger partial charge in [0, 0.05) is 38.2 Å². The molecule has 1 saturated heterocycles. The van der Waals surface area contributed by atoms with E-state index in [-0.39, 0.29) is 12.1 Å². The van der Waals surface area contributed by atoms with E-state index in [0.29, 0.717) is 6.54 Å². The lowest BCUT2D eigenvalue weighted by Crippen LogP contribution is -2.38. The highest BCUT2D eigenvalue weighted by Crippen LogP contribution is 2.16. The van der Waals surface area contributed by atoms with Gasteiger partial charge in [-0.05, 0) is 48.6 Å². The van der Waals surface area contributed by atoms with Crippen LogP contribution in [0.3, 0.4) is 0 Å². The molecule has 1 heterocycles. The lowest BCUT2D eigenvalue weighted by molar-refractivity contribution is 0.0792. The minimum absolute atomic E-state index is 0.120. The molecule has 2 aromatic carbocycles. The normalized spacial score (nSPS) is 17.2. The van der Waals surface area contributed by atoms with Gasteiger partial charge in [-0.25, -0.2) is 0 Å². The predicted molar refractivity (Wildman–Crippen MR) is 120 cm³/mol. The fraction of sp³-hybridized carbons (Fsp3) is 0.435. The van der Waals surface area contributed by atoms with Crippen LogP contribution in [0.4, 0.5) is 0 Å². The molecule has 6 heteroatoms. The van der Waals surface area contributed by atoms with Crippen LogP contribution in [0.1, 0.15) is 42.5 Å². The number of likely N-dealkylation sites (tertiary alicyclic amines) is 1. The minimum atomic E-state index is -0.120. The van der Waals surface area contributed by atoms with E-state index in [2.05, 4.69) is 51.7 Å². The highest BCUT2D eigenvalue weighted by Gasteiger charge is 2.16. The molecule has 0 aromatic heterocycles. The van der Waals surface area contributed by atoms with Gasteiger partial charge in [0.1, 0.15) is 0 Å². The number of guanidine groups is 1. The molecular weight excluding hydrogens is 384 g/mol. The van der Waals surface area contributed by atoms with Crippen molar-refractivity contribution in [2.24, 2.45) is 4.99 Å². The fourth-order valence-electron chi connectivity index (χ4n) is 3.52. The van der Waals surface area contributed by atoms with Gasteiger partial charge in [0.15, 0.2) is 5.96 Å². The number of nitrogens with one attached hydrogen (secondary N) is 2. The van der Waals surface area contributed by atoms with Crippen molar-refractivity contribution in [1.29, 1.82) is 0 Å². The first-order valence-corrected chi connectivity index (χ1v) is 10.6. The number of piperidine rings is 1. The third kappa shape index (κ3) is 6.74. The Morgan fingerprint density at radius 2 is 1.72 bits per heavy atom. The van der Waals surface area contributed by atoms with Crippen LogP contribution in [0.5, 0.6) is 0 Å². The maximum absolute atomic E-state index is 9.63. The molecule has 1 fully saturated rings. The Morgan fingerprint density at radius 1 is 1.10 bits per heavy atom. The highest BCUT2D eigenvalue weighted by molar-refractivity contribution is 6.30. The molecule has 1 atom stereocenters. The van der Waals surface area contributed by atoms with Crippen LogP contribution < -0.4 is 10.6 Å². The molecule has 2 aromatic rings. The van der Waals surface area contributed by atoms with E-state index in [0.717, 1.165) is 49.0 Å². The predicted octanol–water partition coefficient (Wildman–Crippen LogP) is 3.72. The molecule has 0 spiro atoms. The van der Waals surface area contributed by atoms with Crippen LogP contribution in [-0.4, -0.2) is 42.2 Å². The Bertz CT molecular complexity index is 784. The standard InChI is InChI=1S/C23H31ClN4O/c1-17(20-7-9-21(24)10-8-20)27-23(25-2)26-15-18-3-5-19(6-4-18)16-28-13-11-22(29)12-14-28/h3-10,17,22,29H,11-16H2,1-2H3,(H2,25,26,27). The number of benzene rings is 2. The molecule has 1 unspecified atom stereocenters. The zero-order valence-electron chi connectivity index (χ0n) is 17.2. The number of aliphatic hydroxyl groups is 1. The Hall–Kier alpha value is -2.08. The summed E-state index contributed by atoms with van der Waals surface area (Å²) in [5, 5.41) is 17.2. The van der Waals surface area contributed by atoms with Gasteiger partial charge in [-0.2, -0.15) is 0 Å². The molecule has 0 aliphatic carbocycles. The smallest absolute Gasteiger partial charge is 0.191 e. The van der Waals surface area contributed by atoms with Gasteiger partial charge in [-0.15, -0.1) is 0 Å². The first-order chi connectivity index (χ1) is 14.0. The summed E-state index contributed by atoms with van der Waals surface area (Å²) in [6.45, 7) is 5.70. The molecule has 0 radical (unpaired) electrons. The van der Waals surface area contributed by atoms with Gasteiger partial charge >= 0.3 is 0 Å². The zero-order chi connectivity index (χ0) is 20.6. The SMILES string of the molecule is CN=C(NCc1ccc(CN2CCC(O)CC2)cc1)NC(C)c1ccc(Cl)cc1. The third-order valence-corrected chi connectivity index (χ3v) is 5.65. The van der Waals surface area contributed by atoms with E-state index in [4.69, 9.17) is 11.6 Å². The van der Waals surface area contributed by atoms with Gasteiger partial charge in [-0.1, -0.05) is 48.0 Å². The molecule has 1 aliphatic rings. The van der Waals surface area contributed by atoms with E-state index in [9.17, 15) is 5.11 Å². The van der Waals surface area contributed by atoms with Crippen molar-refractivity contribution in [3.05, 3.63) is 70.2 Å². The van der Waals surface area contributed by atoms with Crippen LogP contribution in [0.25, 0.3) is 0 Å². The Morgan fingerprint density at radius 3 is 2.34 bits per heavy atom. The van der Waals surface area contributed by atoms with Crippen molar-refractivity contribution in [3.8, 4) is 0 Å². The summed E-state index contributed by atoms with van der Waals surface area (Å²) in [7, 11) is 1.78. The number of hydrogen-bond acceptors (Lipinski definition) is 3. The molecule has 0 saturated carbocycles. The maximum Gasteiger partial charge on any atom is 0.191 e. The van der Waals surface area contributed by atoms with Gasteiger partial charge in [0.05, 0.1) is 12.1 Å². The summed E-state index contributed by atoms with van der Waals surface area (Å²) in [5.74, 6) is 0.767. The second kappa shape index (κ2) is 10.6. The van der Waals surface area contributed by atoms with Crippen LogP contribution >= 0.6 is 11.6 Å². The zero-order valence-corrected chi connectivity index (χ0v) is 18.0. The number of rotatable bonds is 6. The Balaban J connectivity index is 1.47. The highest BCUT2D eigenvalue weighted by atomic mass is 35.5. The van der Waals surface area contributed by atoms with Crippen molar-refractivity contribution in [2.75, 3.05) is 20.1 Å². The molecule has 29 heavy (non-hydrogen) atoms. The number of halogens is 1. The molecule has 0 amide bonds. The Kier molecular flexibility index (Phi) is 7.92. The second-order valence-electron chi connectivity index (χ2n) is 7.67. The average Bonchev–Trinajstić information content (AvgIpc) is 2.74. The van der Waals surface area contributed by atoms with Crippen molar-refractivity contribution in [2.45, 2.75) is 45.0 Å². The lowest BCUT2D eigenvalue weighted by atomic mass is 10.1. The fourth-order valence-corrected chi connectivity index (χ4v) is 3.64. The monoisotopic (exact) mass is 414 g/mol. The van der Waals surface area contributed by atoms with Gasteiger partial charge < -0.3 is 15.7 Å². The number of hydrogen-bond donors (Lipinski definition) is 3. The quantitative estimate of drug-likeness (QED) is 0.498. The van der Waals surface area contributed by atoms with Crippen molar-refractivity contribution < 1.29 is 5.11 Å². The number of aliphatic hydroxyl groups excluding tert-OH is 1. The maximum atomic E-state index is 9.63. The molecule has 1 aliphatic heterocycles. The Labute approximate surface area is 178 Å². The summed E-state index contributed by atoms with van der Waals surface area (Å²) >= 11 is 5.97. The van der Waals surface area contributed by atoms with Gasteiger partial charge in [-0.3, -0.25) is 9.89 Å². The number of nitrogens with zero attached hydrogens (tertiary/aromatic N) is 2. The topological polar surface area (TPSA) is 59.9 Å². The van der Waals surface area contributed by atoms with E-state index in [1.54, 1.807) is 7.05 Å². The van der Waals surface area contributed by atoms with Crippen molar-refractivity contribution >= 4 is 17.6 Å². The molecular formula is C23H31ClN4O. The van der Waals surface area contributed by atoms with Crippen molar-refractivity contribution in [3.63, 3.8) is 0 Å². The van der Waals surface area contributed by atoms with E-state index in [1.165, 1.54) is 11.1 Å². The summed E-state index contributed by atoms with van der Waals surface area (Å²) in [6.07, 6.45) is 1.63. The molecule has 0 bridgehead atoms. The largest absolute Gasteiger partial charge is 0.393 e. The minimum Gasteiger partial charge on any atom is -0.393 e. The molecule has 3 N–H and O–H groups in total. The average molecular weight is 415 g/mol. The van der Waals surface area contributed by atoms with Gasteiger partial charge in [0.25, 0.3) is 0 Å². The molecule has 156 valence electrons. The van der Waals surface area contributed by atoms with Crippen LogP contribution in [0.15, 0.2) is 53.5 Å². The van der Waals surface area contributed by atoms with Crippen molar-refractivity contribution in [1.82, 2.24) is 15.5 Å². The van der Waals surface area contributed by atoms with E-state index in [1.807, 2.05) is 24.3 Å². The van der Waals surface area contributed by atoms with Crippen LogP contribution in [-0.2, 0) is 13.1 Å². The summed E-state index contributed by atoms with van der Waals surface area (Å²) < 4.78 is 0. The second-order valence-corrected chi connectivity index (χ2v) is 8.10. The van der Waals surface area contributed by atoms with E-state index >= 15 is 0 Å². The molecule has 3 rings (SSSR count). The molecule has 5 nitrogen and oxygen atoms in total. The van der Waals surface area contributed by atoms with Gasteiger partial charge in [0.2, 0.25) is 0 Å². The number of aliphatic imine (C=N–C) groups is 1. The first kappa shape index (κ1) is 21.6. The van der Waals surface area contributed by atoms with Crippen LogP contribution in [0.2, 0.25) is 5.02 Å². The van der Waals surface area contributed by atoms with E-state index < -0.39 is 0 Å². The third-order valence-electron chi connectivity index (χ3n) is 5.39. The van der Waals surface area contributed by atoms with Crippen LogP contribution in [0, 0.1) is 0 Å². The summed E-state index contributed by atoms with van der Waals surface area (Å²) in [6, 6.07) is 16.7.